The van der Waals surface area contributed by atoms with Gasteiger partial charge in [-0.2, -0.15) is 5.10 Å². The zero-order valence-corrected chi connectivity index (χ0v) is 13.8. The van der Waals surface area contributed by atoms with E-state index in [0.717, 1.165) is 5.56 Å². The molecule has 0 radical (unpaired) electrons. The Kier molecular flexibility index (Phi) is 3.53. The average Bonchev–Trinajstić information content (AvgIpc) is 3.21. The summed E-state index contributed by atoms with van der Waals surface area (Å²) in [6.07, 6.45) is 3.30. The Bertz CT molecular complexity index is 1120. The zero-order chi connectivity index (χ0) is 18.4. The molecular formula is C16H14N6O4. The van der Waals surface area contributed by atoms with Gasteiger partial charge in [-0.15, -0.1) is 0 Å². The molecule has 0 atom stereocenters. The summed E-state index contributed by atoms with van der Waals surface area (Å²) in [4.78, 5) is 41.3. The SMILES string of the molecule is Cn1ncc2c(=O)n(CC(=O)N3CCc4cc([N+](=O)[O-])ccc43)cnc21. The molecule has 26 heavy (non-hydrogen) atoms. The van der Waals surface area contributed by atoms with E-state index >= 15 is 0 Å². The van der Waals surface area contributed by atoms with Crippen molar-refractivity contribution in [3.8, 4) is 0 Å². The molecule has 3 heterocycles. The number of nitro benzene ring substituents is 1. The summed E-state index contributed by atoms with van der Waals surface area (Å²) in [7, 11) is 1.69. The Labute approximate surface area is 146 Å². The number of carbonyl (C=O) groups is 1. The molecule has 1 aromatic carbocycles. The van der Waals surface area contributed by atoms with Crippen LogP contribution in [-0.2, 0) is 24.8 Å². The molecule has 0 aliphatic carbocycles. The third kappa shape index (κ3) is 2.42. The lowest BCUT2D eigenvalue weighted by atomic mass is 10.1. The monoisotopic (exact) mass is 354 g/mol. The van der Waals surface area contributed by atoms with Gasteiger partial charge in [0, 0.05) is 31.4 Å². The van der Waals surface area contributed by atoms with Crippen molar-refractivity contribution in [1.29, 1.82) is 0 Å². The highest BCUT2D eigenvalue weighted by Crippen LogP contribution is 2.31. The second-order valence-corrected chi connectivity index (χ2v) is 6.05. The van der Waals surface area contributed by atoms with Gasteiger partial charge in [-0.1, -0.05) is 0 Å². The van der Waals surface area contributed by atoms with Crippen LogP contribution >= 0.6 is 0 Å². The lowest BCUT2D eigenvalue weighted by Gasteiger charge is -2.17. The van der Waals surface area contributed by atoms with Gasteiger partial charge in [0.1, 0.15) is 18.3 Å². The van der Waals surface area contributed by atoms with Crippen molar-refractivity contribution in [2.24, 2.45) is 7.05 Å². The number of hydrogen-bond acceptors (Lipinski definition) is 6. The largest absolute Gasteiger partial charge is 0.310 e. The summed E-state index contributed by atoms with van der Waals surface area (Å²) in [5.41, 5.74) is 1.52. The fraction of sp³-hybridized carbons (Fsp3) is 0.250. The number of fused-ring (bicyclic) bond motifs is 2. The lowest BCUT2D eigenvalue weighted by molar-refractivity contribution is -0.384. The van der Waals surface area contributed by atoms with E-state index in [1.54, 1.807) is 18.0 Å². The second-order valence-electron chi connectivity index (χ2n) is 6.05. The topological polar surface area (TPSA) is 116 Å². The fourth-order valence-corrected chi connectivity index (χ4v) is 3.17. The summed E-state index contributed by atoms with van der Waals surface area (Å²) in [6, 6.07) is 4.43. The van der Waals surface area contributed by atoms with Gasteiger partial charge < -0.3 is 4.90 Å². The molecular weight excluding hydrogens is 340 g/mol. The van der Waals surface area contributed by atoms with Gasteiger partial charge >= 0.3 is 0 Å². The number of nitro groups is 1. The van der Waals surface area contributed by atoms with Gasteiger partial charge in [-0.3, -0.25) is 29.0 Å². The van der Waals surface area contributed by atoms with Crippen LogP contribution < -0.4 is 10.5 Å². The Morgan fingerprint density at radius 2 is 2.19 bits per heavy atom. The molecule has 1 aliphatic rings. The molecule has 0 bridgehead atoms. The first-order valence-corrected chi connectivity index (χ1v) is 7.90. The van der Waals surface area contributed by atoms with Gasteiger partial charge in [0.05, 0.1) is 11.1 Å². The standard InChI is InChI=1S/C16H14N6O4/c1-19-15-12(7-18-19)16(24)20(9-17-15)8-14(23)21-5-4-10-6-11(22(25)26)2-3-13(10)21/h2-3,6-7,9H,4-5,8H2,1H3. The van der Waals surface area contributed by atoms with Crippen LogP contribution in [0.3, 0.4) is 0 Å². The van der Waals surface area contributed by atoms with E-state index in [0.29, 0.717) is 29.7 Å². The van der Waals surface area contributed by atoms with Gasteiger partial charge in [0.25, 0.3) is 11.2 Å². The Hall–Kier alpha value is -3.56. The summed E-state index contributed by atoms with van der Waals surface area (Å²) < 4.78 is 2.74. The quantitative estimate of drug-likeness (QED) is 0.503. The highest BCUT2D eigenvalue weighted by Gasteiger charge is 2.26. The second kappa shape index (κ2) is 5.76. The molecule has 10 heteroatoms. The van der Waals surface area contributed by atoms with Crippen molar-refractivity contribution in [3.05, 3.63) is 56.8 Å². The van der Waals surface area contributed by atoms with E-state index in [-0.39, 0.29) is 23.7 Å². The number of anilines is 1. The number of aromatic nitrogens is 4. The normalized spacial score (nSPS) is 13.2. The molecule has 0 saturated heterocycles. The van der Waals surface area contributed by atoms with E-state index in [1.807, 2.05) is 0 Å². The third-order valence-corrected chi connectivity index (χ3v) is 4.49. The molecule has 0 fully saturated rings. The van der Waals surface area contributed by atoms with Crippen LogP contribution in [0.1, 0.15) is 5.56 Å². The predicted octanol–water partition coefficient (Wildman–Crippen LogP) is 0.627. The molecule has 3 aromatic rings. The van der Waals surface area contributed by atoms with Gasteiger partial charge in [0.15, 0.2) is 5.65 Å². The average molecular weight is 354 g/mol. The Balaban J connectivity index is 1.62. The summed E-state index contributed by atoms with van der Waals surface area (Å²) in [6.45, 7) is 0.264. The summed E-state index contributed by atoms with van der Waals surface area (Å²) >= 11 is 0. The van der Waals surface area contributed by atoms with Crippen LogP contribution in [0.2, 0.25) is 0 Å². The molecule has 1 amide bonds. The number of nitrogens with zero attached hydrogens (tertiary/aromatic N) is 6. The number of hydrogen-bond donors (Lipinski definition) is 0. The van der Waals surface area contributed by atoms with Crippen LogP contribution in [0.25, 0.3) is 11.0 Å². The molecule has 0 unspecified atom stereocenters. The molecule has 0 N–H and O–H groups in total. The number of benzene rings is 1. The summed E-state index contributed by atoms with van der Waals surface area (Å²) in [5.74, 6) is -0.273. The van der Waals surface area contributed by atoms with Crippen LogP contribution in [0.15, 0.2) is 35.5 Å². The van der Waals surface area contributed by atoms with Crippen molar-refractivity contribution >= 4 is 28.3 Å². The van der Waals surface area contributed by atoms with Crippen molar-refractivity contribution in [2.75, 3.05) is 11.4 Å². The molecule has 132 valence electrons. The molecule has 0 saturated carbocycles. The fourth-order valence-electron chi connectivity index (χ4n) is 3.17. The molecule has 0 spiro atoms. The first kappa shape index (κ1) is 15.9. The van der Waals surface area contributed by atoms with Crippen molar-refractivity contribution in [2.45, 2.75) is 13.0 Å². The maximum atomic E-state index is 12.7. The van der Waals surface area contributed by atoms with Crippen LogP contribution in [0.4, 0.5) is 11.4 Å². The Morgan fingerprint density at radius 1 is 1.38 bits per heavy atom. The minimum Gasteiger partial charge on any atom is -0.310 e. The molecule has 1 aliphatic heterocycles. The first-order chi connectivity index (χ1) is 12.5. The number of non-ortho nitro benzene ring substituents is 1. The van der Waals surface area contributed by atoms with Crippen molar-refractivity contribution in [3.63, 3.8) is 0 Å². The molecule has 2 aromatic heterocycles. The van der Waals surface area contributed by atoms with Crippen LogP contribution in [0.5, 0.6) is 0 Å². The van der Waals surface area contributed by atoms with E-state index in [1.165, 1.54) is 33.9 Å². The smallest absolute Gasteiger partial charge is 0.269 e. The van der Waals surface area contributed by atoms with E-state index in [2.05, 4.69) is 10.1 Å². The maximum Gasteiger partial charge on any atom is 0.269 e. The molecule has 10 nitrogen and oxygen atoms in total. The highest BCUT2D eigenvalue weighted by molar-refractivity contribution is 5.95. The minimum absolute atomic E-state index is 0.000461. The number of carbonyl (C=O) groups excluding carboxylic acids is 1. The third-order valence-electron chi connectivity index (χ3n) is 4.49. The predicted molar refractivity (Wildman–Crippen MR) is 91.9 cm³/mol. The highest BCUT2D eigenvalue weighted by atomic mass is 16.6. The van der Waals surface area contributed by atoms with E-state index in [4.69, 9.17) is 0 Å². The first-order valence-electron chi connectivity index (χ1n) is 7.90. The number of aryl methyl sites for hydroxylation is 1. The van der Waals surface area contributed by atoms with Crippen LogP contribution in [0, 0.1) is 10.1 Å². The zero-order valence-electron chi connectivity index (χ0n) is 13.8. The van der Waals surface area contributed by atoms with E-state index in [9.17, 15) is 19.7 Å². The Morgan fingerprint density at radius 3 is 2.96 bits per heavy atom. The maximum absolute atomic E-state index is 12.7. The minimum atomic E-state index is -0.459. The van der Waals surface area contributed by atoms with Gasteiger partial charge in [0.2, 0.25) is 5.91 Å². The van der Waals surface area contributed by atoms with Gasteiger partial charge in [-0.25, -0.2) is 4.98 Å². The number of rotatable bonds is 3. The van der Waals surface area contributed by atoms with Crippen molar-refractivity contribution in [1.82, 2.24) is 19.3 Å². The van der Waals surface area contributed by atoms with E-state index < -0.39 is 4.92 Å². The summed E-state index contributed by atoms with van der Waals surface area (Å²) in [5, 5.41) is 15.2. The molecule has 4 rings (SSSR count). The van der Waals surface area contributed by atoms with Crippen LogP contribution in [-0.4, -0.2) is 36.7 Å². The number of amides is 1. The van der Waals surface area contributed by atoms with Crippen molar-refractivity contribution < 1.29 is 9.72 Å². The lowest BCUT2D eigenvalue weighted by Crippen LogP contribution is -2.35. The van der Waals surface area contributed by atoms with Gasteiger partial charge in [-0.05, 0) is 18.1 Å².